The average Bonchev–Trinajstić information content (AvgIpc) is 2.45. The third kappa shape index (κ3) is 4.48. The second kappa shape index (κ2) is 6.96. The number of anilines is 1. The van der Waals surface area contributed by atoms with E-state index in [9.17, 15) is 8.42 Å². The zero-order valence-corrected chi connectivity index (χ0v) is 13.4. The van der Waals surface area contributed by atoms with Crippen LogP contribution in [0.25, 0.3) is 0 Å². The van der Waals surface area contributed by atoms with E-state index in [2.05, 4.69) is 4.72 Å². The van der Waals surface area contributed by atoms with Crippen molar-refractivity contribution in [3.63, 3.8) is 0 Å². The first-order valence-electron chi connectivity index (χ1n) is 6.76. The van der Waals surface area contributed by atoms with E-state index >= 15 is 0 Å². The van der Waals surface area contributed by atoms with Gasteiger partial charge in [0, 0.05) is 11.6 Å². The number of hydrogen-bond donors (Lipinski definition) is 1. The highest BCUT2D eigenvalue weighted by atomic mass is 35.5. The van der Waals surface area contributed by atoms with Gasteiger partial charge in [-0.15, -0.1) is 11.6 Å². The topological polar surface area (TPSA) is 46.2 Å². The molecule has 0 aliphatic heterocycles. The molecule has 0 heterocycles. The lowest BCUT2D eigenvalue weighted by atomic mass is 10.1. The van der Waals surface area contributed by atoms with Crippen molar-refractivity contribution in [1.29, 1.82) is 0 Å². The summed E-state index contributed by atoms with van der Waals surface area (Å²) < 4.78 is 27.2. The molecule has 21 heavy (non-hydrogen) atoms. The fourth-order valence-corrected chi connectivity index (χ4v) is 3.18. The fraction of sp³-hybridized carbons (Fsp3) is 0.250. The normalized spacial score (nSPS) is 11.3. The van der Waals surface area contributed by atoms with Crippen LogP contribution in [0, 0.1) is 6.92 Å². The molecule has 2 rings (SSSR count). The van der Waals surface area contributed by atoms with Crippen molar-refractivity contribution in [3.8, 4) is 0 Å². The lowest BCUT2D eigenvalue weighted by Crippen LogP contribution is -2.13. The van der Waals surface area contributed by atoms with Crippen LogP contribution in [0.4, 0.5) is 5.69 Å². The van der Waals surface area contributed by atoms with Gasteiger partial charge in [0.25, 0.3) is 10.0 Å². The van der Waals surface area contributed by atoms with Crippen LogP contribution in [0.15, 0.2) is 53.4 Å². The molecule has 0 unspecified atom stereocenters. The number of nitrogens with one attached hydrogen (secondary N) is 1. The van der Waals surface area contributed by atoms with Gasteiger partial charge in [-0.2, -0.15) is 0 Å². The molecule has 5 heteroatoms. The minimum Gasteiger partial charge on any atom is -0.280 e. The minimum absolute atomic E-state index is 0.263. The molecular formula is C16H18ClNO2S. The van der Waals surface area contributed by atoms with Crippen LogP contribution < -0.4 is 4.72 Å². The molecular weight excluding hydrogens is 306 g/mol. The first-order chi connectivity index (χ1) is 10.0. The van der Waals surface area contributed by atoms with E-state index in [0.29, 0.717) is 11.6 Å². The number of hydrogen-bond acceptors (Lipinski definition) is 2. The van der Waals surface area contributed by atoms with Gasteiger partial charge in [-0.25, -0.2) is 8.42 Å². The van der Waals surface area contributed by atoms with Crippen LogP contribution in [-0.2, 0) is 16.4 Å². The molecule has 2 aromatic rings. The van der Waals surface area contributed by atoms with Crippen LogP contribution in [0.1, 0.15) is 17.5 Å². The van der Waals surface area contributed by atoms with Gasteiger partial charge in [-0.3, -0.25) is 4.72 Å². The second-order valence-corrected chi connectivity index (χ2v) is 6.97. The van der Waals surface area contributed by atoms with Crippen LogP contribution in [0.3, 0.4) is 0 Å². The molecule has 0 radical (unpaired) electrons. The number of halogens is 1. The predicted molar refractivity (Wildman–Crippen MR) is 87.5 cm³/mol. The molecule has 0 fully saturated rings. The van der Waals surface area contributed by atoms with E-state index in [4.69, 9.17) is 11.6 Å². The molecule has 2 aromatic carbocycles. The fourth-order valence-electron chi connectivity index (χ4n) is 1.99. The Kier molecular flexibility index (Phi) is 5.26. The summed E-state index contributed by atoms with van der Waals surface area (Å²) in [5, 5.41) is 0. The second-order valence-electron chi connectivity index (χ2n) is 4.91. The van der Waals surface area contributed by atoms with Crippen LogP contribution in [0.5, 0.6) is 0 Å². The molecule has 1 N–H and O–H groups in total. The zero-order valence-electron chi connectivity index (χ0n) is 11.8. The largest absolute Gasteiger partial charge is 0.280 e. The van der Waals surface area contributed by atoms with Crippen molar-refractivity contribution < 1.29 is 8.42 Å². The Hall–Kier alpha value is -1.52. The first kappa shape index (κ1) is 15.9. The summed E-state index contributed by atoms with van der Waals surface area (Å²) in [5.41, 5.74) is 2.67. The Balaban J connectivity index is 2.18. The molecule has 0 aliphatic carbocycles. The summed E-state index contributed by atoms with van der Waals surface area (Å²) >= 11 is 5.68. The third-order valence-corrected chi connectivity index (χ3v) is 4.77. The van der Waals surface area contributed by atoms with Gasteiger partial charge in [-0.05, 0) is 49.6 Å². The minimum atomic E-state index is -3.54. The van der Waals surface area contributed by atoms with Crippen molar-refractivity contribution in [3.05, 3.63) is 59.7 Å². The van der Waals surface area contributed by atoms with Gasteiger partial charge >= 0.3 is 0 Å². The molecule has 3 nitrogen and oxygen atoms in total. The van der Waals surface area contributed by atoms with E-state index in [0.717, 1.165) is 24.0 Å². The van der Waals surface area contributed by atoms with E-state index in [1.807, 2.05) is 25.1 Å². The summed E-state index contributed by atoms with van der Waals surface area (Å²) in [5.74, 6) is 0.597. The maximum absolute atomic E-state index is 12.3. The third-order valence-electron chi connectivity index (χ3n) is 3.11. The van der Waals surface area contributed by atoms with Crippen LogP contribution in [-0.4, -0.2) is 14.3 Å². The molecule has 0 saturated heterocycles. The lowest BCUT2D eigenvalue weighted by Gasteiger charge is -2.09. The van der Waals surface area contributed by atoms with Gasteiger partial charge in [0.05, 0.1) is 4.90 Å². The average molecular weight is 324 g/mol. The number of benzene rings is 2. The molecule has 0 amide bonds. The molecule has 0 aliphatic rings. The highest BCUT2D eigenvalue weighted by Gasteiger charge is 2.13. The van der Waals surface area contributed by atoms with Crippen molar-refractivity contribution in [1.82, 2.24) is 0 Å². The van der Waals surface area contributed by atoms with E-state index in [1.54, 1.807) is 30.3 Å². The lowest BCUT2D eigenvalue weighted by molar-refractivity contribution is 0.601. The van der Waals surface area contributed by atoms with Crippen molar-refractivity contribution in [2.75, 3.05) is 10.6 Å². The van der Waals surface area contributed by atoms with E-state index in [1.165, 1.54) is 0 Å². The molecule has 0 atom stereocenters. The monoisotopic (exact) mass is 323 g/mol. The Morgan fingerprint density at radius 2 is 1.81 bits per heavy atom. The zero-order chi connectivity index (χ0) is 15.3. The van der Waals surface area contributed by atoms with E-state index < -0.39 is 10.0 Å². The van der Waals surface area contributed by atoms with Gasteiger partial charge in [0.15, 0.2) is 0 Å². The summed E-state index contributed by atoms with van der Waals surface area (Å²) in [6, 6.07) is 14.2. The maximum Gasteiger partial charge on any atom is 0.261 e. The number of alkyl halides is 1. The van der Waals surface area contributed by atoms with Crippen molar-refractivity contribution in [2.24, 2.45) is 0 Å². The van der Waals surface area contributed by atoms with E-state index in [-0.39, 0.29) is 4.90 Å². The highest BCUT2D eigenvalue weighted by molar-refractivity contribution is 7.92. The molecule has 0 saturated carbocycles. The summed E-state index contributed by atoms with van der Waals surface area (Å²) in [6.45, 7) is 1.92. The summed E-state index contributed by atoms with van der Waals surface area (Å²) in [4.78, 5) is 0.263. The number of aryl methyl sites for hydroxylation is 2. The number of rotatable bonds is 6. The molecule has 112 valence electrons. The van der Waals surface area contributed by atoms with Crippen LogP contribution >= 0.6 is 11.6 Å². The Labute approximate surface area is 131 Å². The maximum atomic E-state index is 12.3. The standard InChI is InChI=1S/C16H18ClNO2S/c1-13-7-9-16(10-8-13)21(19,20)18-15-6-2-4-14(12-15)5-3-11-17/h2,4,6-10,12,18H,3,5,11H2,1H3. The van der Waals surface area contributed by atoms with Gasteiger partial charge in [-0.1, -0.05) is 29.8 Å². The van der Waals surface area contributed by atoms with Crippen molar-refractivity contribution >= 4 is 27.3 Å². The predicted octanol–water partition coefficient (Wildman–Crippen LogP) is 3.97. The Morgan fingerprint density at radius 1 is 1.10 bits per heavy atom. The number of sulfonamides is 1. The summed E-state index contributed by atoms with van der Waals surface area (Å²) in [7, 11) is -3.54. The quantitative estimate of drug-likeness (QED) is 0.818. The molecule has 0 bridgehead atoms. The van der Waals surface area contributed by atoms with Gasteiger partial charge in [0.2, 0.25) is 0 Å². The summed E-state index contributed by atoms with van der Waals surface area (Å²) in [6.07, 6.45) is 1.71. The Bertz CT molecular complexity index is 696. The van der Waals surface area contributed by atoms with Gasteiger partial charge < -0.3 is 0 Å². The first-order valence-corrected chi connectivity index (χ1v) is 8.77. The Morgan fingerprint density at radius 3 is 2.48 bits per heavy atom. The van der Waals surface area contributed by atoms with Crippen LogP contribution in [0.2, 0.25) is 0 Å². The van der Waals surface area contributed by atoms with Gasteiger partial charge in [0.1, 0.15) is 0 Å². The molecule has 0 aromatic heterocycles. The smallest absolute Gasteiger partial charge is 0.261 e. The highest BCUT2D eigenvalue weighted by Crippen LogP contribution is 2.18. The van der Waals surface area contributed by atoms with Crippen molar-refractivity contribution in [2.45, 2.75) is 24.7 Å². The molecule has 0 spiro atoms. The SMILES string of the molecule is Cc1ccc(S(=O)(=O)Nc2cccc(CCCCl)c2)cc1.